The van der Waals surface area contributed by atoms with Crippen LogP contribution in [0.3, 0.4) is 0 Å². The summed E-state index contributed by atoms with van der Waals surface area (Å²) in [5.41, 5.74) is 0. The van der Waals surface area contributed by atoms with Crippen molar-refractivity contribution < 1.29 is 4.79 Å². The van der Waals surface area contributed by atoms with Gasteiger partial charge in [-0.1, -0.05) is 6.92 Å². The summed E-state index contributed by atoms with van der Waals surface area (Å²) in [7, 11) is 0. The van der Waals surface area contributed by atoms with Gasteiger partial charge in [-0.05, 0) is 26.8 Å². The Balaban J connectivity index is 3.90. The van der Waals surface area contributed by atoms with E-state index in [-0.39, 0.29) is 11.9 Å². The van der Waals surface area contributed by atoms with E-state index in [1.807, 2.05) is 25.7 Å². The maximum Gasteiger partial charge on any atom is 0.234 e. The van der Waals surface area contributed by atoms with Gasteiger partial charge >= 0.3 is 0 Å². The van der Waals surface area contributed by atoms with Crippen LogP contribution in [0.4, 0.5) is 0 Å². The Morgan fingerprint density at radius 1 is 1.57 bits per heavy atom. The van der Waals surface area contributed by atoms with Gasteiger partial charge in [0.2, 0.25) is 5.91 Å². The summed E-state index contributed by atoms with van der Waals surface area (Å²) in [6.07, 6.45) is 0.955. The monoisotopic (exact) mass is 197 g/mol. The zero-order valence-electron chi connectivity index (χ0n) is 9.21. The predicted octanol–water partition coefficient (Wildman–Crippen LogP) is 0.747. The smallest absolute Gasteiger partial charge is 0.234 e. The van der Waals surface area contributed by atoms with E-state index >= 15 is 0 Å². The third-order valence-corrected chi connectivity index (χ3v) is 1.65. The second-order valence-electron chi connectivity index (χ2n) is 3.59. The van der Waals surface area contributed by atoms with Crippen LogP contribution in [0.15, 0.2) is 0 Å². The van der Waals surface area contributed by atoms with Gasteiger partial charge < -0.3 is 5.32 Å². The fraction of sp³-hybridized carbons (Fsp3) is 0.800. The molecule has 4 heteroatoms. The van der Waals surface area contributed by atoms with E-state index in [0.717, 1.165) is 13.0 Å². The van der Waals surface area contributed by atoms with Crippen molar-refractivity contribution in [3.05, 3.63) is 0 Å². The van der Waals surface area contributed by atoms with Gasteiger partial charge in [0.1, 0.15) is 0 Å². The van der Waals surface area contributed by atoms with Crippen LogP contribution in [0, 0.1) is 11.3 Å². The zero-order valence-corrected chi connectivity index (χ0v) is 9.21. The molecule has 0 aromatic heterocycles. The Kier molecular flexibility index (Phi) is 6.77. The summed E-state index contributed by atoms with van der Waals surface area (Å²) >= 11 is 0. The molecule has 0 bridgehead atoms. The van der Waals surface area contributed by atoms with Crippen LogP contribution in [0.1, 0.15) is 27.2 Å². The molecule has 0 aliphatic rings. The molecule has 0 unspecified atom stereocenters. The Hall–Kier alpha value is -1.08. The minimum absolute atomic E-state index is 0.0105. The highest BCUT2D eigenvalue weighted by atomic mass is 16.2. The zero-order chi connectivity index (χ0) is 11.0. The van der Waals surface area contributed by atoms with Gasteiger partial charge in [-0.3, -0.25) is 9.69 Å². The Morgan fingerprint density at radius 3 is 2.64 bits per heavy atom. The molecule has 0 heterocycles. The second-order valence-corrected chi connectivity index (χ2v) is 3.59. The van der Waals surface area contributed by atoms with Crippen molar-refractivity contribution in [1.82, 2.24) is 10.2 Å². The molecule has 0 spiro atoms. The average Bonchev–Trinajstić information content (AvgIpc) is 2.03. The van der Waals surface area contributed by atoms with Crippen LogP contribution in [-0.2, 0) is 4.79 Å². The van der Waals surface area contributed by atoms with Crippen LogP contribution in [0.25, 0.3) is 0 Å². The molecule has 0 rings (SSSR count). The van der Waals surface area contributed by atoms with Crippen LogP contribution < -0.4 is 5.32 Å². The third kappa shape index (κ3) is 6.44. The highest BCUT2D eigenvalue weighted by Crippen LogP contribution is 1.90. The number of hydrogen-bond donors (Lipinski definition) is 1. The Bertz CT molecular complexity index is 208. The lowest BCUT2D eigenvalue weighted by Gasteiger charge is -2.18. The van der Waals surface area contributed by atoms with Crippen LogP contribution in [-0.4, -0.2) is 36.5 Å². The molecule has 0 saturated heterocycles. The van der Waals surface area contributed by atoms with Crippen LogP contribution in [0.2, 0.25) is 0 Å². The molecular weight excluding hydrogens is 178 g/mol. The number of nitrogens with zero attached hydrogens (tertiary/aromatic N) is 2. The average molecular weight is 197 g/mol. The highest BCUT2D eigenvalue weighted by Gasteiger charge is 2.09. The van der Waals surface area contributed by atoms with E-state index in [4.69, 9.17) is 5.26 Å². The number of amides is 1. The van der Waals surface area contributed by atoms with Crippen molar-refractivity contribution in [3.63, 3.8) is 0 Å². The van der Waals surface area contributed by atoms with E-state index < -0.39 is 0 Å². The molecule has 0 aromatic rings. The molecule has 0 aliphatic carbocycles. The molecule has 0 atom stereocenters. The first kappa shape index (κ1) is 12.9. The summed E-state index contributed by atoms with van der Waals surface area (Å²) in [4.78, 5) is 13.2. The fourth-order valence-corrected chi connectivity index (χ4v) is 1.20. The minimum Gasteiger partial charge on any atom is -0.353 e. The molecule has 0 saturated carbocycles. The fourth-order valence-electron chi connectivity index (χ4n) is 1.20. The summed E-state index contributed by atoms with van der Waals surface area (Å²) in [6, 6.07) is 2.22. The number of rotatable bonds is 6. The normalized spacial score (nSPS) is 10.3. The molecule has 0 radical (unpaired) electrons. The molecule has 0 aromatic carbocycles. The molecule has 80 valence electrons. The first-order chi connectivity index (χ1) is 6.60. The van der Waals surface area contributed by atoms with Crippen LogP contribution in [0.5, 0.6) is 0 Å². The van der Waals surface area contributed by atoms with Crippen molar-refractivity contribution in [2.24, 2.45) is 0 Å². The van der Waals surface area contributed by atoms with Crippen molar-refractivity contribution in [1.29, 1.82) is 5.26 Å². The second kappa shape index (κ2) is 7.34. The lowest BCUT2D eigenvalue weighted by atomic mass is 10.3. The van der Waals surface area contributed by atoms with Crippen molar-refractivity contribution in [2.45, 2.75) is 33.2 Å². The van der Waals surface area contributed by atoms with Crippen molar-refractivity contribution in [3.8, 4) is 6.07 Å². The number of nitrogens with one attached hydrogen (secondary N) is 1. The summed E-state index contributed by atoms with van der Waals surface area (Å²) < 4.78 is 0. The summed E-state index contributed by atoms with van der Waals surface area (Å²) in [5, 5.41) is 11.3. The Labute approximate surface area is 85.9 Å². The summed E-state index contributed by atoms with van der Waals surface area (Å²) in [6.45, 7) is 7.31. The molecule has 14 heavy (non-hydrogen) atoms. The number of hydrogen-bond acceptors (Lipinski definition) is 3. The lowest BCUT2D eigenvalue weighted by molar-refractivity contribution is -0.122. The van der Waals surface area contributed by atoms with Gasteiger partial charge in [0.25, 0.3) is 0 Å². The van der Waals surface area contributed by atoms with Crippen molar-refractivity contribution in [2.75, 3.05) is 19.6 Å². The lowest BCUT2D eigenvalue weighted by Crippen LogP contribution is -2.40. The van der Waals surface area contributed by atoms with Crippen LogP contribution >= 0.6 is 0 Å². The van der Waals surface area contributed by atoms with E-state index in [1.54, 1.807) is 0 Å². The summed E-state index contributed by atoms with van der Waals surface area (Å²) in [5.74, 6) is -0.0105. The van der Waals surface area contributed by atoms with Gasteiger partial charge in [-0.15, -0.1) is 0 Å². The van der Waals surface area contributed by atoms with E-state index in [2.05, 4.69) is 11.4 Å². The quantitative estimate of drug-likeness (QED) is 0.639. The maximum absolute atomic E-state index is 11.4. The maximum atomic E-state index is 11.4. The number of nitriles is 1. The van der Waals surface area contributed by atoms with Gasteiger partial charge in [0.15, 0.2) is 0 Å². The standard InChI is InChI=1S/C10H19N3O/c1-4-6-13(7-5-11)8-10(14)12-9(2)3/h9H,4,6-8H2,1-3H3,(H,12,14). The molecule has 1 N–H and O–H groups in total. The molecule has 0 aliphatic heterocycles. The predicted molar refractivity (Wildman–Crippen MR) is 55.6 cm³/mol. The van der Waals surface area contributed by atoms with E-state index in [1.165, 1.54) is 0 Å². The van der Waals surface area contributed by atoms with E-state index in [9.17, 15) is 4.79 Å². The molecule has 0 fully saturated rings. The topological polar surface area (TPSA) is 56.1 Å². The third-order valence-electron chi connectivity index (χ3n) is 1.65. The number of carbonyl (C=O) groups is 1. The first-order valence-electron chi connectivity index (χ1n) is 4.98. The van der Waals surface area contributed by atoms with Crippen molar-refractivity contribution >= 4 is 5.91 Å². The van der Waals surface area contributed by atoms with E-state index in [0.29, 0.717) is 13.1 Å². The number of carbonyl (C=O) groups excluding carboxylic acids is 1. The van der Waals surface area contributed by atoms with Gasteiger partial charge in [0.05, 0.1) is 19.2 Å². The first-order valence-corrected chi connectivity index (χ1v) is 4.98. The molecule has 1 amide bonds. The Morgan fingerprint density at radius 2 is 2.21 bits per heavy atom. The molecular formula is C10H19N3O. The van der Waals surface area contributed by atoms with Gasteiger partial charge in [-0.2, -0.15) is 5.26 Å². The molecule has 4 nitrogen and oxygen atoms in total. The highest BCUT2D eigenvalue weighted by molar-refractivity contribution is 5.78. The SMILES string of the molecule is CCCN(CC#N)CC(=O)NC(C)C. The minimum atomic E-state index is -0.0105. The largest absolute Gasteiger partial charge is 0.353 e. The van der Waals surface area contributed by atoms with Gasteiger partial charge in [-0.25, -0.2) is 0 Å². The van der Waals surface area contributed by atoms with Gasteiger partial charge in [0, 0.05) is 6.04 Å².